The molecule has 4 rings (SSSR count). The van der Waals surface area contributed by atoms with Gasteiger partial charge in [-0.15, -0.1) is 5.10 Å². The fraction of sp³-hybridized carbons (Fsp3) is 0.304. The Kier molecular flexibility index (Phi) is 6.04. The van der Waals surface area contributed by atoms with Crippen molar-refractivity contribution in [1.82, 2.24) is 25.2 Å². The van der Waals surface area contributed by atoms with E-state index in [1.54, 1.807) is 40.0 Å². The standard InChI is InChI=1S/C23H24ClN5O2/c1-15-11-16(2)13-18(12-15)29-14-21(26-27-29)23(31)28-9-7-17(8-10-28)25-22(30)19-5-3-4-6-20(19)24/h3-6,11-14,17H,7-10H2,1-2H3,(H,25,30). The lowest BCUT2D eigenvalue weighted by atomic mass is 10.0. The predicted octanol–water partition coefficient (Wildman–Crippen LogP) is 3.57. The number of nitrogens with zero attached hydrogens (tertiary/aromatic N) is 4. The average molecular weight is 438 g/mol. The Labute approximate surface area is 186 Å². The Morgan fingerprint density at radius 1 is 1.06 bits per heavy atom. The molecule has 7 nitrogen and oxygen atoms in total. The molecule has 0 unspecified atom stereocenters. The molecule has 1 fully saturated rings. The summed E-state index contributed by atoms with van der Waals surface area (Å²) in [7, 11) is 0. The van der Waals surface area contributed by atoms with Gasteiger partial charge >= 0.3 is 0 Å². The van der Waals surface area contributed by atoms with Gasteiger partial charge < -0.3 is 10.2 Å². The molecule has 3 aromatic rings. The van der Waals surface area contributed by atoms with Gasteiger partial charge in [0.25, 0.3) is 11.8 Å². The third-order valence-electron chi connectivity index (χ3n) is 5.42. The van der Waals surface area contributed by atoms with Crippen LogP contribution in [0.3, 0.4) is 0 Å². The first-order valence-corrected chi connectivity index (χ1v) is 10.6. The molecule has 1 aliphatic heterocycles. The number of aryl methyl sites for hydroxylation is 2. The monoisotopic (exact) mass is 437 g/mol. The normalized spacial score (nSPS) is 14.5. The molecular weight excluding hydrogens is 414 g/mol. The van der Waals surface area contributed by atoms with Gasteiger partial charge in [-0.1, -0.05) is 35.0 Å². The molecule has 160 valence electrons. The van der Waals surface area contributed by atoms with Crippen LogP contribution in [0.5, 0.6) is 0 Å². The van der Waals surface area contributed by atoms with Gasteiger partial charge in [-0.2, -0.15) is 0 Å². The molecule has 2 aromatic carbocycles. The maximum Gasteiger partial charge on any atom is 0.276 e. The first-order valence-electron chi connectivity index (χ1n) is 10.3. The summed E-state index contributed by atoms with van der Waals surface area (Å²) in [5.41, 5.74) is 3.91. The van der Waals surface area contributed by atoms with Gasteiger partial charge in [0.05, 0.1) is 22.5 Å². The molecular formula is C23H24ClN5O2. The quantitative estimate of drug-likeness (QED) is 0.676. The highest BCUT2D eigenvalue weighted by Crippen LogP contribution is 2.18. The van der Waals surface area contributed by atoms with Crippen molar-refractivity contribution in [2.75, 3.05) is 13.1 Å². The van der Waals surface area contributed by atoms with Gasteiger partial charge in [0.1, 0.15) is 0 Å². The van der Waals surface area contributed by atoms with Crippen LogP contribution in [-0.4, -0.2) is 50.8 Å². The number of hydrogen-bond donors (Lipinski definition) is 1. The van der Waals surface area contributed by atoms with Crippen molar-refractivity contribution in [3.05, 3.63) is 76.1 Å². The van der Waals surface area contributed by atoms with Crippen molar-refractivity contribution < 1.29 is 9.59 Å². The SMILES string of the molecule is Cc1cc(C)cc(-n2cc(C(=O)N3CCC(NC(=O)c4ccccc4Cl)CC3)nn2)c1. The summed E-state index contributed by atoms with van der Waals surface area (Å²) < 4.78 is 1.63. The maximum absolute atomic E-state index is 12.9. The summed E-state index contributed by atoms with van der Waals surface area (Å²) in [6.45, 7) is 5.13. The lowest BCUT2D eigenvalue weighted by Gasteiger charge is -2.32. The van der Waals surface area contributed by atoms with E-state index < -0.39 is 0 Å². The number of halogens is 1. The minimum atomic E-state index is -0.188. The van der Waals surface area contributed by atoms with E-state index >= 15 is 0 Å². The highest BCUT2D eigenvalue weighted by atomic mass is 35.5. The van der Waals surface area contributed by atoms with Crippen molar-refractivity contribution in [2.24, 2.45) is 0 Å². The Bertz CT molecular complexity index is 1100. The molecule has 1 N–H and O–H groups in total. The summed E-state index contributed by atoms with van der Waals surface area (Å²) in [4.78, 5) is 27.1. The van der Waals surface area contributed by atoms with E-state index in [4.69, 9.17) is 11.6 Å². The van der Waals surface area contributed by atoms with E-state index in [-0.39, 0.29) is 17.9 Å². The van der Waals surface area contributed by atoms with E-state index in [0.717, 1.165) is 16.8 Å². The highest BCUT2D eigenvalue weighted by molar-refractivity contribution is 6.33. The summed E-state index contributed by atoms with van der Waals surface area (Å²) >= 11 is 6.10. The first-order chi connectivity index (χ1) is 14.9. The number of amides is 2. The number of nitrogens with one attached hydrogen (secondary N) is 1. The fourth-order valence-electron chi connectivity index (χ4n) is 3.87. The minimum Gasteiger partial charge on any atom is -0.349 e. The molecule has 1 aromatic heterocycles. The number of benzene rings is 2. The van der Waals surface area contributed by atoms with Crippen molar-refractivity contribution in [2.45, 2.75) is 32.7 Å². The van der Waals surface area contributed by atoms with Crippen molar-refractivity contribution in [3.63, 3.8) is 0 Å². The molecule has 0 radical (unpaired) electrons. The largest absolute Gasteiger partial charge is 0.349 e. The van der Waals surface area contributed by atoms with E-state index in [0.29, 0.717) is 42.2 Å². The summed E-state index contributed by atoms with van der Waals surface area (Å²) in [6, 6.07) is 13.1. The zero-order valence-corrected chi connectivity index (χ0v) is 18.3. The van der Waals surface area contributed by atoms with Crippen LogP contribution in [0.25, 0.3) is 5.69 Å². The molecule has 31 heavy (non-hydrogen) atoms. The second-order valence-electron chi connectivity index (χ2n) is 7.91. The zero-order chi connectivity index (χ0) is 22.0. The van der Waals surface area contributed by atoms with Crippen molar-refractivity contribution in [1.29, 1.82) is 0 Å². The lowest BCUT2D eigenvalue weighted by molar-refractivity contribution is 0.0692. The molecule has 1 aliphatic rings. The lowest BCUT2D eigenvalue weighted by Crippen LogP contribution is -2.46. The van der Waals surface area contributed by atoms with Crippen molar-refractivity contribution >= 4 is 23.4 Å². The van der Waals surface area contributed by atoms with Crippen LogP contribution in [0.1, 0.15) is 44.8 Å². The maximum atomic E-state index is 12.9. The Morgan fingerprint density at radius 2 is 1.74 bits per heavy atom. The van der Waals surface area contributed by atoms with Crippen LogP contribution in [-0.2, 0) is 0 Å². The molecule has 8 heteroatoms. The highest BCUT2D eigenvalue weighted by Gasteiger charge is 2.26. The van der Waals surface area contributed by atoms with Gasteiger partial charge in [0, 0.05) is 19.1 Å². The van der Waals surface area contributed by atoms with E-state index in [9.17, 15) is 9.59 Å². The third kappa shape index (κ3) is 4.77. The Morgan fingerprint density at radius 3 is 2.42 bits per heavy atom. The zero-order valence-electron chi connectivity index (χ0n) is 17.5. The molecule has 0 atom stereocenters. The Hall–Kier alpha value is -3.19. The van der Waals surface area contributed by atoms with Crippen LogP contribution in [0.2, 0.25) is 5.02 Å². The molecule has 1 saturated heterocycles. The van der Waals surface area contributed by atoms with Crippen LogP contribution in [0, 0.1) is 13.8 Å². The number of carbonyl (C=O) groups excluding carboxylic acids is 2. The second kappa shape index (κ2) is 8.89. The predicted molar refractivity (Wildman–Crippen MR) is 119 cm³/mol. The van der Waals surface area contributed by atoms with Crippen LogP contribution in [0.15, 0.2) is 48.7 Å². The molecule has 2 amide bonds. The molecule has 0 spiro atoms. The van der Waals surface area contributed by atoms with Gasteiger partial charge in [-0.05, 0) is 62.1 Å². The van der Waals surface area contributed by atoms with Crippen LogP contribution < -0.4 is 5.32 Å². The summed E-state index contributed by atoms with van der Waals surface area (Å²) in [5, 5.41) is 11.7. The molecule has 0 aliphatic carbocycles. The second-order valence-corrected chi connectivity index (χ2v) is 8.32. The van der Waals surface area contributed by atoms with E-state index in [2.05, 4.69) is 21.7 Å². The Balaban J connectivity index is 1.36. The number of rotatable bonds is 4. The number of piperidine rings is 1. The fourth-order valence-corrected chi connectivity index (χ4v) is 4.09. The van der Waals surface area contributed by atoms with Gasteiger partial charge in [-0.3, -0.25) is 9.59 Å². The number of carbonyl (C=O) groups is 2. The third-order valence-corrected chi connectivity index (χ3v) is 5.75. The number of likely N-dealkylation sites (tertiary alicyclic amines) is 1. The molecule has 0 saturated carbocycles. The minimum absolute atomic E-state index is 0.00113. The van der Waals surface area contributed by atoms with Crippen LogP contribution in [0.4, 0.5) is 0 Å². The van der Waals surface area contributed by atoms with Gasteiger partial charge in [-0.25, -0.2) is 4.68 Å². The average Bonchev–Trinajstić information content (AvgIpc) is 3.24. The first kappa shape index (κ1) is 21.1. The van der Waals surface area contributed by atoms with E-state index in [1.807, 2.05) is 26.0 Å². The topological polar surface area (TPSA) is 80.1 Å². The summed E-state index contributed by atoms with van der Waals surface area (Å²) in [6.07, 6.45) is 3.02. The van der Waals surface area contributed by atoms with E-state index in [1.165, 1.54) is 0 Å². The van der Waals surface area contributed by atoms with Crippen LogP contribution >= 0.6 is 11.6 Å². The van der Waals surface area contributed by atoms with Crippen molar-refractivity contribution in [3.8, 4) is 5.69 Å². The smallest absolute Gasteiger partial charge is 0.276 e. The van der Waals surface area contributed by atoms with Gasteiger partial charge in [0.15, 0.2) is 5.69 Å². The summed E-state index contributed by atoms with van der Waals surface area (Å²) in [5.74, 6) is -0.335. The molecule has 0 bridgehead atoms. The number of aromatic nitrogens is 3. The molecule has 2 heterocycles. The number of hydrogen-bond acceptors (Lipinski definition) is 4. The van der Waals surface area contributed by atoms with Gasteiger partial charge in [0.2, 0.25) is 0 Å².